The van der Waals surface area contributed by atoms with Crippen LogP contribution < -0.4 is 11.1 Å². The van der Waals surface area contributed by atoms with Gasteiger partial charge in [-0.3, -0.25) is 0 Å². The topological polar surface area (TPSA) is 72.2 Å². The summed E-state index contributed by atoms with van der Waals surface area (Å²) < 4.78 is 23.1. The number of aryl methyl sites for hydroxylation is 1. The zero-order valence-corrected chi connectivity index (χ0v) is 12.9. The van der Waals surface area contributed by atoms with Gasteiger partial charge in [0.25, 0.3) is 0 Å². The van der Waals surface area contributed by atoms with Crippen LogP contribution in [0.5, 0.6) is 0 Å². The van der Waals surface area contributed by atoms with Crippen LogP contribution in [-0.4, -0.2) is 27.8 Å². The average Bonchev–Trinajstić information content (AvgIpc) is 2.30. The molecule has 1 atom stereocenters. The number of benzene rings is 1. The van der Waals surface area contributed by atoms with Crippen molar-refractivity contribution >= 4 is 15.5 Å². The molecule has 0 bridgehead atoms. The Balaban J connectivity index is 2.89. The molecule has 5 heteroatoms. The van der Waals surface area contributed by atoms with Crippen LogP contribution in [0.4, 0.5) is 5.69 Å². The van der Waals surface area contributed by atoms with E-state index in [0.29, 0.717) is 23.3 Å². The van der Waals surface area contributed by atoms with Gasteiger partial charge in [-0.1, -0.05) is 19.9 Å². The zero-order chi connectivity index (χ0) is 14.6. The van der Waals surface area contributed by atoms with Crippen LogP contribution in [0.1, 0.15) is 19.4 Å². The monoisotopic (exact) mass is 284 g/mol. The molecule has 0 aromatic heterocycles. The van der Waals surface area contributed by atoms with Crippen molar-refractivity contribution in [1.82, 2.24) is 0 Å². The zero-order valence-electron chi connectivity index (χ0n) is 12.1. The van der Waals surface area contributed by atoms with Crippen molar-refractivity contribution in [1.29, 1.82) is 0 Å². The predicted molar refractivity (Wildman–Crippen MR) is 80.2 cm³/mol. The van der Waals surface area contributed by atoms with Crippen LogP contribution in [0.2, 0.25) is 0 Å². The summed E-state index contributed by atoms with van der Waals surface area (Å²) in [6.45, 7) is 7.61. The largest absolute Gasteiger partial charge is 0.384 e. The highest BCUT2D eigenvalue weighted by molar-refractivity contribution is 7.90. The van der Waals surface area contributed by atoms with Crippen molar-refractivity contribution in [3.05, 3.63) is 23.8 Å². The Bertz CT molecular complexity index is 524. The molecule has 0 saturated carbocycles. The molecule has 0 aliphatic heterocycles. The van der Waals surface area contributed by atoms with Crippen molar-refractivity contribution in [3.63, 3.8) is 0 Å². The second-order valence-corrected chi connectivity index (χ2v) is 7.39. The van der Waals surface area contributed by atoms with Gasteiger partial charge in [-0.15, -0.1) is 0 Å². The highest BCUT2D eigenvalue weighted by Gasteiger charge is 2.13. The number of nitrogens with two attached hydrogens (primary N) is 1. The Kier molecular flexibility index (Phi) is 5.38. The minimum atomic E-state index is -3.17. The van der Waals surface area contributed by atoms with E-state index in [0.717, 1.165) is 17.8 Å². The Hall–Kier alpha value is -1.07. The van der Waals surface area contributed by atoms with E-state index < -0.39 is 9.84 Å². The van der Waals surface area contributed by atoms with Gasteiger partial charge in [-0.2, -0.15) is 0 Å². The van der Waals surface area contributed by atoms with Gasteiger partial charge in [-0.05, 0) is 43.0 Å². The SMILES string of the molecule is Cc1ccc(S(C)(=O)=O)cc1NCC(CN)C(C)C. The van der Waals surface area contributed by atoms with Gasteiger partial charge >= 0.3 is 0 Å². The van der Waals surface area contributed by atoms with Crippen LogP contribution >= 0.6 is 0 Å². The molecule has 0 saturated heterocycles. The van der Waals surface area contributed by atoms with Gasteiger partial charge in [0.05, 0.1) is 4.90 Å². The first-order valence-electron chi connectivity index (χ1n) is 6.50. The molecule has 1 aromatic rings. The van der Waals surface area contributed by atoms with E-state index in [2.05, 4.69) is 19.2 Å². The lowest BCUT2D eigenvalue weighted by atomic mass is 9.96. The number of sulfone groups is 1. The van der Waals surface area contributed by atoms with Gasteiger partial charge < -0.3 is 11.1 Å². The molecule has 3 N–H and O–H groups in total. The highest BCUT2D eigenvalue weighted by atomic mass is 32.2. The molecule has 4 nitrogen and oxygen atoms in total. The number of nitrogens with one attached hydrogen (secondary N) is 1. The summed E-state index contributed by atoms with van der Waals surface area (Å²) in [5.41, 5.74) is 7.64. The third-order valence-corrected chi connectivity index (χ3v) is 4.55. The maximum Gasteiger partial charge on any atom is 0.175 e. The molecular formula is C14H24N2O2S. The molecule has 0 heterocycles. The van der Waals surface area contributed by atoms with Gasteiger partial charge in [0, 0.05) is 18.5 Å². The second kappa shape index (κ2) is 6.39. The molecule has 1 rings (SSSR count). The number of hydrogen-bond acceptors (Lipinski definition) is 4. The van der Waals surface area contributed by atoms with Crippen LogP contribution in [0.3, 0.4) is 0 Å². The van der Waals surface area contributed by atoms with E-state index in [-0.39, 0.29) is 0 Å². The summed E-state index contributed by atoms with van der Waals surface area (Å²) in [5, 5.41) is 3.31. The molecule has 108 valence electrons. The Morgan fingerprint density at radius 3 is 2.42 bits per heavy atom. The molecule has 1 aromatic carbocycles. The Morgan fingerprint density at radius 1 is 1.32 bits per heavy atom. The van der Waals surface area contributed by atoms with Crippen LogP contribution in [0.15, 0.2) is 23.1 Å². The summed E-state index contributed by atoms with van der Waals surface area (Å²) in [6.07, 6.45) is 1.22. The third kappa shape index (κ3) is 4.51. The fraction of sp³-hybridized carbons (Fsp3) is 0.571. The van der Waals surface area contributed by atoms with E-state index in [9.17, 15) is 8.42 Å². The molecule has 0 radical (unpaired) electrons. The lowest BCUT2D eigenvalue weighted by Gasteiger charge is -2.21. The Labute approximate surface area is 116 Å². The van der Waals surface area contributed by atoms with Crippen molar-refractivity contribution in [2.24, 2.45) is 17.6 Å². The third-order valence-electron chi connectivity index (χ3n) is 3.44. The first-order valence-corrected chi connectivity index (χ1v) is 8.39. The van der Waals surface area contributed by atoms with Crippen LogP contribution in [-0.2, 0) is 9.84 Å². The molecule has 0 aliphatic carbocycles. The number of hydrogen-bond donors (Lipinski definition) is 2. The fourth-order valence-corrected chi connectivity index (χ4v) is 2.50. The van der Waals surface area contributed by atoms with E-state index >= 15 is 0 Å². The average molecular weight is 284 g/mol. The lowest BCUT2D eigenvalue weighted by molar-refractivity contribution is 0.413. The van der Waals surface area contributed by atoms with Gasteiger partial charge in [0.1, 0.15) is 0 Å². The van der Waals surface area contributed by atoms with Crippen LogP contribution in [0, 0.1) is 18.8 Å². The quantitative estimate of drug-likeness (QED) is 0.838. The molecule has 1 unspecified atom stereocenters. The molecule has 0 aliphatic rings. The highest BCUT2D eigenvalue weighted by Crippen LogP contribution is 2.21. The summed E-state index contributed by atoms with van der Waals surface area (Å²) in [4.78, 5) is 0.342. The van der Waals surface area contributed by atoms with Crippen molar-refractivity contribution in [2.45, 2.75) is 25.7 Å². The smallest absolute Gasteiger partial charge is 0.175 e. The predicted octanol–water partition coefficient (Wildman–Crippen LogP) is 2.04. The minimum absolute atomic E-state index is 0.342. The summed E-state index contributed by atoms with van der Waals surface area (Å²) in [5.74, 6) is 0.872. The minimum Gasteiger partial charge on any atom is -0.384 e. The Morgan fingerprint density at radius 2 is 1.95 bits per heavy atom. The maximum absolute atomic E-state index is 11.6. The standard InChI is InChI=1S/C14H24N2O2S/c1-10(2)12(8-15)9-16-14-7-13(19(4,17)18)6-5-11(14)3/h5-7,10,12,16H,8-9,15H2,1-4H3. The first-order chi connectivity index (χ1) is 8.75. The molecule has 0 spiro atoms. The fourth-order valence-electron chi connectivity index (χ4n) is 1.85. The van der Waals surface area contributed by atoms with Crippen molar-refractivity contribution in [3.8, 4) is 0 Å². The summed E-state index contributed by atoms with van der Waals surface area (Å²) in [7, 11) is -3.17. The van der Waals surface area contributed by atoms with E-state index in [4.69, 9.17) is 5.73 Å². The summed E-state index contributed by atoms with van der Waals surface area (Å²) >= 11 is 0. The van der Waals surface area contributed by atoms with Gasteiger partial charge in [0.15, 0.2) is 9.84 Å². The maximum atomic E-state index is 11.6. The number of anilines is 1. The van der Waals surface area contributed by atoms with E-state index in [1.165, 1.54) is 6.26 Å². The molecule has 0 amide bonds. The van der Waals surface area contributed by atoms with Crippen molar-refractivity contribution in [2.75, 3.05) is 24.7 Å². The second-order valence-electron chi connectivity index (χ2n) is 5.37. The summed E-state index contributed by atoms with van der Waals surface area (Å²) in [6, 6.07) is 5.16. The van der Waals surface area contributed by atoms with Gasteiger partial charge in [-0.25, -0.2) is 8.42 Å². The van der Waals surface area contributed by atoms with E-state index in [1.54, 1.807) is 12.1 Å². The lowest BCUT2D eigenvalue weighted by Crippen LogP contribution is -2.27. The molecule has 19 heavy (non-hydrogen) atoms. The number of rotatable bonds is 6. The van der Waals surface area contributed by atoms with E-state index in [1.807, 2.05) is 13.0 Å². The van der Waals surface area contributed by atoms with Crippen LogP contribution in [0.25, 0.3) is 0 Å². The molecular weight excluding hydrogens is 260 g/mol. The molecule has 0 fully saturated rings. The first kappa shape index (κ1) is 16.0. The van der Waals surface area contributed by atoms with Gasteiger partial charge in [0.2, 0.25) is 0 Å². The van der Waals surface area contributed by atoms with Crippen molar-refractivity contribution < 1.29 is 8.42 Å². The normalized spacial score (nSPS) is 13.6.